The average Bonchev–Trinajstić information content (AvgIpc) is 2.17. The standard InChI is InChI=1S/C8H13NO3S2/c1-9(2)8(13)14-7(12-4)6(5-10)11-3/h7H,1-4H3. The number of methoxy groups -OCH3 is 2. The van der Waals surface area contributed by atoms with Crippen LogP contribution in [0.1, 0.15) is 0 Å². The van der Waals surface area contributed by atoms with E-state index in [0.717, 1.165) is 0 Å². The zero-order valence-electron chi connectivity index (χ0n) is 8.57. The topological polar surface area (TPSA) is 38.8 Å². The molecule has 0 aliphatic heterocycles. The summed E-state index contributed by atoms with van der Waals surface area (Å²) in [7, 11) is 6.51. The maximum absolute atomic E-state index is 10.5. The molecule has 1 unspecified atom stereocenters. The molecule has 4 nitrogen and oxygen atoms in total. The summed E-state index contributed by atoms with van der Waals surface area (Å²) in [5.74, 6) is 1.77. The molecule has 0 N–H and O–H groups in total. The molecule has 0 aromatic carbocycles. The van der Waals surface area contributed by atoms with E-state index < -0.39 is 5.44 Å². The minimum Gasteiger partial charge on any atom is -0.487 e. The van der Waals surface area contributed by atoms with Crippen LogP contribution in [0.3, 0.4) is 0 Å². The number of hydrogen-bond donors (Lipinski definition) is 0. The Morgan fingerprint density at radius 1 is 1.50 bits per heavy atom. The highest BCUT2D eigenvalue weighted by atomic mass is 32.2. The van der Waals surface area contributed by atoms with Gasteiger partial charge >= 0.3 is 0 Å². The van der Waals surface area contributed by atoms with E-state index in [0.29, 0.717) is 4.32 Å². The Bertz CT molecular complexity index is 249. The number of ether oxygens (including phenoxy) is 2. The second-order valence-corrected chi connectivity index (χ2v) is 4.21. The van der Waals surface area contributed by atoms with Crippen molar-refractivity contribution < 1.29 is 14.3 Å². The quantitative estimate of drug-likeness (QED) is 0.312. The highest BCUT2D eigenvalue weighted by Crippen LogP contribution is 2.21. The van der Waals surface area contributed by atoms with Crippen molar-refractivity contribution in [1.82, 2.24) is 4.90 Å². The molecular formula is C8H13NO3S2. The highest BCUT2D eigenvalue weighted by molar-refractivity contribution is 8.23. The van der Waals surface area contributed by atoms with E-state index in [9.17, 15) is 4.79 Å². The van der Waals surface area contributed by atoms with Crippen LogP contribution >= 0.6 is 24.0 Å². The first-order valence-electron chi connectivity index (χ1n) is 3.76. The lowest BCUT2D eigenvalue weighted by Gasteiger charge is -2.18. The van der Waals surface area contributed by atoms with Crippen molar-refractivity contribution in [2.75, 3.05) is 28.3 Å². The Hall–Kier alpha value is -0.550. The van der Waals surface area contributed by atoms with Gasteiger partial charge in [-0.05, 0) is 0 Å². The van der Waals surface area contributed by atoms with E-state index in [1.165, 1.54) is 26.0 Å². The third kappa shape index (κ3) is 4.11. The molecule has 0 fully saturated rings. The molecule has 80 valence electrons. The lowest BCUT2D eigenvalue weighted by atomic mass is 10.6. The van der Waals surface area contributed by atoms with Crippen molar-refractivity contribution in [1.29, 1.82) is 0 Å². The van der Waals surface area contributed by atoms with Gasteiger partial charge in [-0.3, -0.25) is 0 Å². The lowest BCUT2D eigenvalue weighted by Crippen LogP contribution is -2.22. The molecule has 14 heavy (non-hydrogen) atoms. The maximum atomic E-state index is 10.5. The molecule has 0 aliphatic rings. The SMILES string of the molecule is COC(=C=O)C(OC)SC(=S)N(C)C. The molecule has 0 amide bonds. The Morgan fingerprint density at radius 2 is 2.07 bits per heavy atom. The first-order valence-corrected chi connectivity index (χ1v) is 5.05. The fraction of sp³-hybridized carbons (Fsp3) is 0.625. The number of hydrogen-bond acceptors (Lipinski definition) is 5. The van der Waals surface area contributed by atoms with Crippen LogP contribution in [0.15, 0.2) is 5.76 Å². The first-order chi connectivity index (χ1) is 6.56. The summed E-state index contributed by atoms with van der Waals surface area (Å²) in [5, 5.41) is 0. The van der Waals surface area contributed by atoms with Gasteiger partial charge in [0.1, 0.15) is 4.32 Å². The smallest absolute Gasteiger partial charge is 0.219 e. The molecule has 0 aliphatic carbocycles. The third-order valence-corrected chi connectivity index (χ3v) is 3.16. The largest absolute Gasteiger partial charge is 0.487 e. The van der Waals surface area contributed by atoms with E-state index in [2.05, 4.69) is 0 Å². The van der Waals surface area contributed by atoms with Gasteiger partial charge in [0.25, 0.3) is 0 Å². The summed E-state index contributed by atoms with van der Waals surface area (Å²) in [5.41, 5.74) is -0.535. The van der Waals surface area contributed by atoms with Crippen LogP contribution in [-0.2, 0) is 14.3 Å². The van der Waals surface area contributed by atoms with Gasteiger partial charge in [0.15, 0.2) is 11.4 Å². The van der Waals surface area contributed by atoms with Gasteiger partial charge in [-0.1, -0.05) is 24.0 Å². The van der Waals surface area contributed by atoms with Gasteiger partial charge in [-0.25, -0.2) is 4.79 Å². The van der Waals surface area contributed by atoms with Crippen molar-refractivity contribution in [3.8, 4) is 0 Å². The second kappa shape index (κ2) is 6.84. The van der Waals surface area contributed by atoms with Gasteiger partial charge in [-0.2, -0.15) is 0 Å². The summed E-state index contributed by atoms with van der Waals surface area (Å²) in [6.07, 6.45) is 0. The van der Waals surface area contributed by atoms with Crippen LogP contribution in [0, 0.1) is 0 Å². The van der Waals surface area contributed by atoms with E-state index >= 15 is 0 Å². The Balaban J connectivity index is 4.44. The van der Waals surface area contributed by atoms with Crippen molar-refractivity contribution >= 4 is 34.2 Å². The monoisotopic (exact) mass is 235 g/mol. The normalized spacial score (nSPS) is 11.4. The molecule has 0 aromatic heterocycles. The molecular weight excluding hydrogens is 222 g/mol. The van der Waals surface area contributed by atoms with Gasteiger partial charge in [0.05, 0.1) is 7.11 Å². The van der Waals surface area contributed by atoms with Crippen LogP contribution in [-0.4, -0.2) is 48.9 Å². The number of thioether (sulfide) groups is 1. The highest BCUT2D eigenvalue weighted by Gasteiger charge is 2.19. The molecule has 0 rings (SSSR count). The van der Waals surface area contributed by atoms with Crippen LogP contribution < -0.4 is 0 Å². The lowest BCUT2D eigenvalue weighted by molar-refractivity contribution is 0.139. The number of carbonyl (C=O) groups excluding carboxylic acids is 1. The minimum absolute atomic E-state index is 0.0988. The maximum Gasteiger partial charge on any atom is 0.219 e. The van der Waals surface area contributed by atoms with Crippen molar-refractivity contribution in [3.63, 3.8) is 0 Å². The van der Waals surface area contributed by atoms with Gasteiger partial charge in [0, 0.05) is 21.2 Å². The van der Waals surface area contributed by atoms with Gasteiger partial charge in [-0.15, -0.1) is 0 Å². The summed E-state index contributed by atoms with van der Waals surface area (Å²) < 4.78 is 10.5. The Kier molecular flexibility index (Phi) is 6.57. The summed E-state index contributed by atoms with van der Waals surface area (Å²) >= 11 is 6.27. The number of rotatable bonds is 4. The zero-order valence-corrected chi connectivity index (χ0v) is 10.2. The zero-order chi connectivity index (χ0) is 11.1. The predicted octanol–water partition coefficient (Wildman–Crippen LogP) is 0.900. The van der Waals surface area contributed by atoms with Crippen molar-refractivity contribution in [2.24, 2.45) is 0 Å². The molecule has 0 saturated carbocycles. The van der Waals surface area contributed by atoms with E-state index in [1.54, 1.807) is 10.8 Å². The van der Waals surface area contributed by atoms with E-state index in [1.807, 2.05) is 14.1 Å². The molecule has 0 bridgehead atoms. The molecule has 0 heterocycles. The van der Waals surface area contributed by atoms with Crippen molar-refractivity contribution in [3.05, 3.63) is 5.76 Å². The van der Waals surface area contributed by atoms with Crippen LogP contribution in [0.4, 0.5) is 0 Å². The van der Waals surface area contributed by atoms with Gasteiger partial charge < -0.3 is 14.4 Å². The second-order valence-electron chi connectivity index (χ2n) is 2.52. The molecule has 0 spiro atoms. The summed E-state index contributed by atoms with van der Waals surface area (Å²) in [4.78, 5) is 12.2. The summed E-state index contributed by atoms with van der Waals surface area (Å²) in [6.45, 7) is 0. The number of nitrogens with zero attached hydrogens (tertiary/aromatic N) is 1. The van der Waals surface area contributed by atoms with Crippen molar-refractivity contribution in [2.45, 2.75) is 5.44 Å². The number of thiocarbonyl (C=S) groups is 1. The van der Waals surface area contributed by atoms with E-state index in [4.69, 9.17) is 21.7 Å². The molecule has 0 saturated heterocycles. The fourth-order valence-electron chi connectivity index (χ4n) is 0.592. The van der Waals surface area contributed by atoms with Crippen LogP contribution in [0.25, 0.3) is 0 Å². The van der Waals surface area contributed by atoms with Crippen LogP contribution in [0.2, 0.25) is 0 Å². The molecule has 6 heteroatoms. The third-order valence-electron chi connectivity index (χ3n) is 1.32. The predicted molar refractivity (Wildman–Crippen MR) is 60.9 cm³/mol. The minimum atomic E-state index is -0.535. The molecule has 0 aromatic rings. The van der Waals surface area contributed by atoms with Crippen LogP contribution in [0.5, 0.6) is 0 Å². The fourth-order valence-corrected chi connectivity index (χ4v) is 1.60. The average molecular weight is 235 g/mol. The summed E-state index contributed by atoms with van der Waals surface area (Å²) in [6, 6.07) is 0. The molecule has 1 atom stereocenters. The first kappa shape index (κ1) is 13.4. The Labute approximate surface area is 93.2 Å². The van der Waals surface area contributed by atoms with E-state index in [-0.39, 0.29) is 5.76 Å². The molecule has 0 radical (unpaired) electrons. The van der Waals surface area contributed by atoms with Gasteiger partial charge in [0.2, 0.25) is 5.76 Å². The Morgan fingerprint density at radius 3 is 2.36 bits per heavy atom.